The van der Waals surface area contributed by atoms with Gasteiger partial charge in [0.1, 0.15) is 5.82 Å². The Hall–Kier alpha value is -2.26. The summed E-state index contributed by atoms with van der Waals surface area (Å²) in [6, 6.07) is 4.98. The fourth-order valence-electron chi connectivity index (χ4n) is 3.15. The molecule has 1 atom stereocenters. The number of rotatable bonds is 5. The first kappa shape index (κ1) is 22.0. The molecule has 0 saturated carbocycles. The molecule has 1 aromatic rings. The number of hydrogen-bond donors (Lipinski definition) is 3. The van der Waals surface area contributed by atoms with E-state index >= 15 is 4.39 Å². The molecule has 2 rings (SSSR count). The zero-order chi connectivity index (χ0) is 20.9. The van der Waals surface area contributed by atoms with E-state index in [4.69, 9.17) is 11.5 Å². The van der Waals surface area contributed by atoms with E-state index < -0.39 is 33.4 Å². The van der Waals surface area contributed by atoms with Gasteiger partial charge in [0.2, 0.25) is 0 Å². The third kappa shape index (κ3) is 4.59. The van der Waals surface area contributed by atoms with Gasteiger partial charge in [0.05, 0.1) is 5.70 Å². The van der Waals surface area contributed by atoms with Crippen LogP contribution in [0.2, 0.25) is 0 Å². The van der Waals surface area contributed by atoms with Crippen LogP contribution >= 0.6 is 0 Å². The van der Waals surface area contributed by atoms with Crippen LogP contribution in [-0.2, 0) is 11.2 Å². The predicted octanol–water partition coefficient (Wildman–Crippen LogP) is 2.50. The monoisotopic (exact) mass is 412 g/mol. The molecule has 1 aliphatic heterocycles. The van der Waals surface area contributed by atoms with Crippen LogP contribution in [0.4, 0.5) is 13.6 Å². The number of amides is 2. The molecule has 154 valence electrons. The van der Waals surface area contributed by atoms with Gasteiger partial charge in [-0.05, 0) is 49.4 Å². The predicted molar refractivity (Wildman–Crippen MR) is 106 cm³/mol. The Balaban J connectivity index is 2.07. The number of nitrogens with one attached hydrogen (secondary N) is 1. The van der Waals surface area contributed by atoms with Crippen molar-refractivity contribution in [3.05, 3.63) is 54.3 Å². The SMILES string of the molecule is CC(C)([S+]([O-])c1cccc(F)c1)C1(F)CCN(C(=O)NC(/C=C\N)=C/N)CC1. The van der Waals surface area contributed by atoms with Crippen LogP contribution in [0.25, 0.3) is 0 Å². The Morgan fingerprint density at radius 1 is 1.36 bits per heavy atom. The first-order chi connectivity index (χ1) is 13.1. The van der Waals surface area contributed by atoms with Crippen LogP contribution in [0, 0.1) is 5.82 Å². The van der Waals surface area contributed by atoms with E-state index in [0.717, 1.165) is 6.07 Å². The number of nitrogens with two attached hydrogens (primary N) is 2. The molecule has 9 heteroatoms. The van der Waals surface area contributed by atoms with Crippen molar-refractivity contribution in [2.75, 3.05) is 13.1 Å². The number of alkyl halides is 1. The zero-order valence-electron chi connectivity index (χ0n) is 16.0. The Kier molecular flexibility index (Phi) is 6.95. The fourth-order valence-corrected chi connectivity index (χ4v) is 4.70. The summed E-state index contributed by atoms with van der Waals surface area (Å²) >= 11 is -1.76. The fraction of sp³-hybridized carbons (Fsp3) is 0.421. The third-order valence-corrected chi connectivity index (χ3v) is 7.08. The molecule has 5 N–H and O–H groups in total. The van der Waals surface area contributed by atoms with Gasteiger partial charge in [0.25, 0.3) is 0 Å². The van der Waals surface area contributed by atoms with E-state index in [2.05, 4.69) is 5.32 Å². The maximum absolute atomic E-state index is 15.8. The molecule has 28 heavy (non-hydrogen) atoms. The highest BCUT2D eigenvalue weighted by Gasteiger charge is 2.56. The van der Waals surface area contributed by atoms with Gasteiger partial charge in [-0.15, -0.1) is 0 Å². The molecule has 0 radical (unpaired) electrons. The molecule has 6 nitrogen and oxygen atoms in total. The minimum absolute atomic E-state index is 0.0167. The van der Waals surface area contributed by atoms with Crippen molar-refractivity contribution in [1.29, 1.82) is 0 Å². The lowest BCUT2D eigenvalue weighted by Crippen LogP contribution is -2.58. The summed E-state index contributed by atoms with van der Waals surface area (Å²) < 4.78 is 41.0. The molecule has 1 unspecified atom stereocenters. The second kappa shape index (κ2) is 8.83. The molecule has 1 aliphatic rings. The van der Waals surface area contributed by atoms with Crippen molar-refractivity contribution in [3.63, 3.8) is 0 Å². The Morgan fingerprint density at radius 3 is 2.54 bits per heavy atom. The molecular weight excluding hydrogens is 386 g/mol. The van der Waals surface area contributed by atoms with E-state index in [0.29, 0.717) is 5.70 Å². The number of carbonyl (C=O) groups excluding carboxylic acids is 1. The summed E-state index contributed by atoms with van der Waals surface area (Å²) in [5.41, 5.74) is 9.26. The topological polar surface area (TPSA) is 107 Å². The second-order valence-electron chi connectivity index (χ2n) is 7.10. The highest BCUT2D eigenvalue weighted by atomic mass is 32.2. The number of halogens is 2. The number of piperidine rings is 1. The average molecular weight is 413 g/mol. The number of nitrogens with zero attached hydrogens (tertiary/aromatic N) is 1. The first-order valence-corrected chi connectivity index (χ1v) is 10.0. The van der Waals surface area contributed by atoms with Crippen LogP contribution in [0.15, 0.2) is 53.3 Å². The molecule has 1 fully saturated rings. The minimum Gasteiger partial charge on any atom is -0.611 e. The van der Waals surface area contributed by atoms with Crippen molar-refractivity contribution >= 4 is 17.2 Å². The third-order valence-electron chi connectivity index (χ3n) is 5.10. The quantitative estimate of drug-likeness (QED) is 0.510. The second-order valence-corrected chi connectivity index (χ2v) is 9.13. The highest BCUT2D eigenvalue weighted by molar-refractivity contribution is 7.92. The lowest BCUT2D eigenvalue weighted by molar-refractivity contribution is 0.0423. The van der Waals surface area contributed by atoms with Crippen molar-refractivity contribution in [1.82, 2.24) is 10.2 Å². The van der Waals surface area contributed by atoms with E-state index in [9.17, 15) is 13.7 Å². The molecule has 1 aromatic carbocycles. The van der Waals surface area contributed by atoms with E-state index in [-0.39, 0.29) is 30.8 Å². The molecule has 1 saturated heterocycles. The van der Waals surface area contributed by atoms with Crippen LogP contribution < -0.4 is 16.8 Å². The van der Waals surface area contributed by atoms with Crippen molar-refractivity contribution in [3.8, 4) is 0 Å². The molecule has 1 heterocycles. The highest BCUT2D eigenvalue weighted by Crippen LogP contribution is 2.44. The maximum atomic E-state index is 15.8. The Morgan fingerprint density at radius 2 is 2.00 bits per heavy atom. The number of urea groups is 1. The smallest absolute Gasteiger partial charge is 0.321 e. The van der Waals surface area contributed by atoms with Gasteiger partial charge in [-0.3, -0.25) is 0 Å². The number of benzene rings is 1. The molecule has 2 amide bonds. The summed E-state index contributed by atoms with van der Waals surface area (Å²) in [6.45, 7) is 3.45. The lowest BCUT2D eigenvalue weighted by atomic mass is 9.82. The van der Waals surface area contributed by atoms with Crippen molar-refractivity contribution < 1.29 is 18.1 Å². The first-order valence-electron chi connectivity index (χ1n) is 8.87. The lowest BCUT2D eigenvalue weighted by Gasteiger charge is -2.45. The maximum Gasteiger partial charge on any atom is 0.321 e. The largest absolute Gasteiger partial charge is 0.611 e. The van der Waals surface area contributed by atoms with E-state index in [1.165, 1.54) is 41.6 Å². The molecule has 0 aliphatic carbocycles. The Bertz CT molecular complexity index is 762. The van der Waals surface area contributed by atoms with Gasteiger partial charge >= 0.3 is 6.03 Å². The van der Waals surface area contributed by atoms with Gasteiger partial charge in [-0.25, -0.2) is 13.6 Å². The van der Waals surface area contributed by atoms with E-state index in [1.807, 2.05) is 0 Å². The summed E-state index contributed by atoms with van der Waals surface area (Å²) in [4.78, 5) is 14.0. The van der Waals surface area contributed by atoms with Crippen molar-refractivity contribution in [2.24, 2.45) is 11.5 Å². The van der Waals surface area contributed by atoms with Crippen LogP contribution in [0.5, 0.6) is 0 Å². The normalized spacial score (nSPS) is 18.9. The van der Waals surface area contributed by atoms with Gasteiger partial charge in [-0.1, -0.05) is 6.07 Å². The van der Waals surface area contributed by atoms with Gasteiger partial charge in [0.15, 0.2) is 15.3 Å². The zero-order valence-corrected chi connectivity index (χ0v) is 16.8. The van der Waals surface area contributed by atoms with Crippen LogP contribution in [-0.4, -0.2) is 39.0 Å². The molecular formula is C19H26F2N4O2S. The standard InChI is InChI=1S/C19H26F2N4O2S/c1-18(2,28(27)16-5-3-4-14(20)12-16)19(21)7-10-25(11-8-19)17(26)24-15(13-23)6-9-22/h3-6,9,12-13H,7-8,10-11,22-23H2,1-2H3,(H,24,26)/b9-6-,15-13+. The number of allylic oxidation sites excluding steroid dienone is 1. The molecule has 0 aromatic heterocycles. The number of likely N-dealkylation sites (tertiary alicyclic amines) is 1. The summed E-state index contributed by atoms with van der Waals surface area (Å²) in [5.74, 6) is -0.517. The molecule has 0 bridgehead atoms. The summed E-state index contributed by atoms with van der Waals surface area (Å²) in [7, 11) is 0. The van der Waals surface area contributed by atoms with Crippen LogP contribution in [0.1, 0.15) is 26.7 Å². The van der Waals surface area contributed by atoms with Crippen LogP contribution in [0.3, 0.4) is 0 Å². The minimum atomic E-state index is -1.77. The molecule has 0 spiro atoms. The number of carbonyl (C=O) groups is 1. The van der Waals surface area contributed by atoms with E-state index in [1.54, 1.807) is 13.8 Å². The van der Waals surface area contributed by atoms with Crippen molar-refractivity contribution in [2.45, 2.75) is 42.0 Å². The van der Waals surface area contributed by atoms with Gasteiger partial charge < -0.3 is 26.2 Å². The average Bonchev–Trinajstić information content (AvgIpc) is 2.67. The van der Waals surface area contributed by atoms with Gasteiger partial charge in [-0.2, -0.15) is 0 Å². The summed E-state index contributed by atoms with van der Waals surface area (Å²) in [6.07, 6.45) is 3.92. The number of hydrogen-bond acceptors (Lipinski definition) is 4. The summed E-state index contributed by atoms with van der Waals surface area (Å²) in [5, 5.41) is 2.59. The Labute approximate surface area is 166 Å². The van der Waals surface area contributed by atoms with Gasteiger partial charge in [0, 0.05) is 38.2 Å².